The molecule has 3 aromatic rings. The second-order valence-electron chi connectivity index (χ2n) is 6.44. The number of anilines is 1. The SMILES string of the molecule is Fc1ccccc1-n1ccnc1N1CCN(Cc2cccc(Cl)c2)CC1. The Labute approximate surface area is 157 Å². The molecule has 1 aromatic heterocycles. The Morgan fingerprint density at radius 2 is 1.81 bits per heavy atom. The molecule has 4 nitrogen and oxygen atoms in total. The Kier molecular flexibility index (Phi) is 4.91. The van der Waals surface area contributed by atoms with Crippen LogP contribution in [0.3, 0.4) is 0 Å². The highest BCUT2D eigenvalue weighted by atomic mass is 35.5. The van der Waals surface area contributed by atoms with Gasteiger partial charge in [-0.15, -0.1) is 0 Å². The van der Waals surface area contributed by atoms with Crippen LogP contribution in [0.2, 0.25) is 5.02 Å². The molecule has 0 atom stereocenters. The molecule has 0 bridgehead atoms. The first-order valence-electron chi connectivity index (χ1n) is 8.71. The van der Waals surface area contributed by atoms with Crippen LogP contribution in [0, 0.1) is 5.82 Å². The molecule has 1 aliphatic heterocycles. The van der Waals surface area contributed by atoms with E-state index in [1.807, 2.05) is 35.0 Å². The summed E-state index contributed by atoms with van der Waals surface area (Å²) in [7, 11) is 0. The van der Waals surface area contributed by atoms with Crippen LogP contribution >= 0.6 is 11.6 Å². The highest BCUT2D eigenvalue weighted by Gasteiger charge is 2.21. The summed E-state index contributed by atoms with van der Waals surface area (Å²) in [5, 5.41) is 0.771. The maximum absolute atomic E-state index is 14.2. The number of piperazine rings is 1. The maximum Gasteiger partial charge on any atom is 0.210 e. The molecule has 0 radical (unpaired) electrons. The summed E-state index contributed by atoms with van der Waals surface area (Å²) >= 11 is 6.07. The van der Waals surface area contributed by atoms with Gasteiger partial charge in [-0.3, -0.25) is 9.47 Å². The van der Waals surface area contributed by atoms with Gasteiger partial charge >= 0.3 is 0 Å². The van der Waals surface area contributed by atoms with E-state index in [1.165, 1.54) is 11.6 Å². The van der Waals surface area contributed by atoms with Gasteiger partial charge in [-0.1, -0.05) is 35.9 Å². The predicted molar refractivity (Wildman–Crippen MR) is 102 cm³/mol. The first kappa shape index (κ1) is 17.1. The van der Waals surface area contributed by atoms with Gasteiger partial charge in [0.05, 0.1) is 5.69 Å². The largest absolute Gasteiger partial charge is 0.339 e. The summed E-state index contributed by atoms with van der Waals surface area (Å²) in [6.45, 7) is 4.45. The third-order valence-corrected chi connectivity index (χ3v) is 4.92. The standard InChI is InChI=1S/C20H20ClFN4/c21-17-5-3-4-16(14-17)15-24-10-12-25(13-11-24)20-23-8-9-26(20)19-7-2-1-6-18(19)22/h1-9,14H,10-13,15H2. The zero-order valence-electron chi connectivity index (χ0n) is 14.4. The van der Waals surface area contributed by atoms with E-state index in [9.17, 15) is 4.39 Å². The van der Waals surface area contributed by atoms with E-state index in [0.717, 1.165) is 43.7 Å². The fourth-order valence-corrected chi connectivity index (χ4v) is 3.58. The first-order valence-corrected chi connectivity index (χ1v) is 9.08. The highest BCUT2D eigenvalue weighted by Crippen LogP contribution is 2.22. The predicted octanol–water partition coefficient (Wildman–Crippen LogP) is 3.99. The van der Waals surface area contributed by atoms with Gasteiger partial charge in [0, 0.05) is 50.1 Å². The Hall–Kier alpha value is -2.37. The van der Waals surface area contributed by atoms with Crippen molar-refractivity contribution >= 4 is 17.5 Å². The molecule has 0 spiro atoms. The summed E-state index contributed by atoms with van der Waals surface area (Å²) in [4.78, 5) is 9.07. The number of rotatable bonds is 4. The van der Waals surface area contributed by atoms with Crippen molar-refractivity contribution in [2.45, 2.75) is 6.54 Å². The summed E-state index contributed by atoms with van der Waals surface area (Å²) in [6.07, 6.45) is 3.53. The van der Waals surface area contributed by atoms with Gasteiger partial charge in [-0.05, 0) is 29.8 Å². The fourth-order valence-electron chi connectivity index (χ4n) is 3.36. The summed E-state index contributed by atoms with van der Waals surface area (Å²) in [6, 6.07) is 14.8. The van der Waals surface area contributed by atoms with E-state index in [2.05, 4.69) is 20.9 Å². The Bertz CT molecular complexity index is 887. The second kappa shape index (κ2) is 7.48. The fraction of sp³-hybridized carbons (Fsp3) is 0.250. The van der Waals surface area contributed by atoms with Crippen LogP contribution in [-0.2, 0) is 6.54 Å². The number of halogens is 2. The third-order valence-electron chi connectivity index (χ3n) is 4.68. The van der Waals surface area contributed by atoms with Gasteiger partial charge in [-0.2, -0.15) is 0 Å². The average Bonchev–Trinajstić information content (AvgIpc) is 3.12. The van der Waals surface area contributed by atoms with E-state index in [1.54, 1.807) is 18.3 Å². The van der Waals surface area contributed by atoms with E-state index in [4.69, 9.17) is 11.6 Å². The van der Waals surface area contributed by atoms with E-state index >= 15 is 0 Å². The lowest BCUT2D eigenvalue weighted by Crippen LogP contribution is -2.46. The monoisotopic (exact) mass is 370 g/mol. The molecular weight excluding hydrogens is 351 g/mol. The Morgan fingerprint density at radius 1 is 1.00 bits per heavy atom. The van der Waals surface area contributed by atoms with E-state index < -0.39 is 0 Å². The van der Waals surface area contributed by atoms with Crippen LogP contribution in [0.25, 0.3) is 5.69 Å². The van der Waals surface area contributed by atoms with Crippen molar-refractivity contribution in [2.24, 2.45) is 0 Å². The number of nitrogens with zero attached hydrogens (tertiary/aromatic N) is 4. The summed E-state index contributed by atoms with van der Waals surface area (Å²) in [5.41, 5.74) is 1.75. The minimum atomic E-state index is -0.244. The number of benzene rings is 2. The molecule has 0 N–H and O–H groups in total. The van der Waals surface area contributed by atoms with Gasteiger partial charge < -0.3 is 4.90 Å². The molecule has 1 aliphatic rings. The molecule has 6 heteroatoms. The lowest BCUT2D eigenvalue weighted by atomic mass is 10.2. The van der Waals surface area contributed by atoms with Crippen molar-refractivity contribution in [1.82, 2.24) is 14.5 Å². The highest BCUT2D eigenvalue weighted by molar-refractivity contribution is 6.30. The lowest BCUT2D eigenvalue weighted by molar-refractivity contribution is 0.248. The second-order valence-corrected chi connectivity index (χ2v) is 6.88. The van der Waals surface area contributed by atoms with Crippen molar-refractivity contribution < 1.29 is 4.39 Å². The van der Waals surface area contributed by atoms with Crippen LogP contribution in [0.5, 0.6) is 0 Å². The average molecular weight is 371 g/mol. The third kappa shape index (κ3) is 3.59. The van der Waals surface area contributed by atoms with Crippen LogP contribution in [0.4, 0.5) is 10.3 Å². The van der Waals surface area contributed by atoms with Crippen molar-refractivity contribution in [3.8, 4) is 5.69 Å². The van der Waals surface area contributed by atoms with Crippen molar-refractivity contribution in [1.29, 1.82) is 0 Å². The molecule has 2 aromatic carbocycles. The normalized spacial score (nSPS) is 15.4. The van der Waals surface area contributed by atoms with Crippen LogP contribution in [-0.4, -0.2) is 40.6 Å². The maximum atomic E-state index is 14.2. The Balaban J connectivity index is 1.45. The number of imidazole rings is 1. The van der Waals surface area contributed by atoms with Crippen LogP contribution in [0.1, 0.15) is 5.56 Å². The molecule has 134 valence electrons. The number of para-hydroxylation sites is 1. The van der Waals surface area contributed by atoms with Gasteiger partial charge in [0.15, 0.2) is 0 Å². The van der Waals surface area contributed by atoms with Gasteiger partial charge in [0.1, 0.15) is 5.82 Å². The van der Waals surface area contributed by atoms with Crippen molar-refractivity contribution in [2.75, 3.05) is 31.1 Å². The zero-order valence-corrected chi connectivity index (χ0v) is 15.1. The molecule has 0 unspecified atom stereocenters. The summed E-state index contributed by atoms with van der Waals surface area (Å²) < 4.78 is 16.0. The molecular formula is C20H20ClFN4. The molecule has 0 aliphatic carbocycles. The van der Waals surface area contributed by atoms with Crippen LogP contribution < -0.4 is 4.90 Å². The van der Waals surface area contributed by atoms with Crippen molar-refractivity contribution in [3.05, 3.63) is 77.3 Å². The zero-order chi connectivity index (χ0) is 17.9. The molecule has 1 fully saturated rings. The van der Waals surface area contributed by atoms with E-state index in [0.29, 0.717) is 5.69 Å². The minimum Gasteiger partial charge on any atom is -0.339 e. The van der Waals surface area contributed by atoms with Crippen molar-refractivity contribution in [3.63, 3.8) is 0 Å². The van der Waals surface area contributed by atoms with Gasteiger partial charge in [0.2, 0.25) is 5.95 Å². The molecule has 0 amide bonds. The molecule has 4 rings (SSSR count). The molecule has 26 heavy (non-hydrogen) atoms. The number of hydrogen-bond acceptors (Lipinski definition) is 3. The quantitative estimate of drug-likeness (QED) is 0.694. The minimum absolute atomic E-state index is 0.244. The van der Waals surface area contributed by atoms with Gasteiger partial charge in [-0.25, -0.2) is 9.37 Å². The smallest absolute Gasteiger partial charge is 0.210 e. The summed E-state index contributed by atoms with van der Waals surface area (Å²) in [5.74, 6) is 0.545. The lowest BCUT2D eigenvalue weighted by Gasteiger charge is -2.35. The number of hydrogen-bond donors (Lipinski definition) is 0. The van der Waals surface area contributed by atoms with Gasteiger partial charge in [0.25, 0.3) is 0 Å². The molecule has 1 saturated heterocycles. The van der Waals surface area contributed by atoms with Crippen LogP contribution in [0.15, 0.2) is 60.9 Å². The Morgan fingerprint density at radius 3 is 2.58 bits per heavy atom. The topological polar surface area (TPSA) is 24.3 Å². The first-order chi connectivity index (χ1) is 12.7. The van der Waals surface area contributed by atoms with E-state index in [-0.39, 0.29) is 5.82 Å². The number of aromatic nitrogens is 2. The molecule has 0 saturated carbocycles. The molecule has 2 heterocycles.